The summed E-state index contributed by atoms with van der Waals surface area (Å²) < 4.78 is 0. The Balaban J connectivity index is 1.38. The van der Waals surface area contributed by atoms with Crippen LogP contribution in [0.25, 0.3) is 11.3 Å². The number of nitrogens with zero attached hydrogens (tertiary/aromatic N) is 3. The Bertz CT molecular complexity index is 885. The zero-order valence-electron chi connectivity index (χ0n) is 14.2. The quantitative estimate of drug-likeness (QED) is 0.743. The van der Waals surface area contributed by atoms with Gasteiger partial charge in [-0.05, 0) is 29.6 Å². The van der Waals surface area contributed by atoms with E-state index in [1.807, 2.05) is 29.2 Å². The van der Waals surface area contributed by atoms with Crippen molar-refractivity contribution in [3.63, 3.8) is 0 Å². The first-order chi connectivity index (χ1) is 12.7. The minimum Gasteiger partial charge on any atom is -0.335 e. The highest BCUT2D eigenvalue weighted by atomic mass is 35.5. The fourth-order valence-electron chi connectivity index (χ4n) is 3.13. The van der Waals surface area contributed by atoms with Gasteiger partial charge >= 0.3 is 0 Å². The molecule has 1 fully saturated rings. The fourth-order valence-corrected chi connectivity index (χ4v) is 4.07. The lowest BCUT2D eigenvalue weighted by atomic mass is 10.1. The Hall–Kier alpha value is -2.15. The monoisotopic (exact) mass is 386 g/mol. The molecule has 1 aliphatic heterocycles. The highest BCUT2D eigenvalue weighted by Gasteiger charge is 2.23. The van der Waals surface area contributed by atoms with E-state index in [1.54, 1.807) is 17.4 Å². The first kappa shape index (κ1) is 17.3. The minimum absolute atomic E-state index is 0.00144. The maximum Gasteiger partial charge on any atom is 0.271 e. The van der Waals surface area contributed by atoms with Gasteiger partial charge < -0.3 is 4.90 Å². The molecule has 2 aromatic heterocycles. The van der Waals surface area contributed by atoms with E-state index in [0.717, 1.165) is 44.0 Å². The molecular formula is C19H19ClN4OS. The van der Waals surface area contributed by atoms with Crippen LogP contribution in [0.2, 0.25) is 5.02 Å². The van der Waals surface area contributed by atoms with Gasteiger partial charge in [0.25, 0.3) is 5.91 Å². The van der Waals surface area contributed by atoms with E-state index in [1.165, 1.54) is 4.88 Å². The van der Waals surface area contributed by atoms with Crippen molar-refractivity contribution in [2.45, 2.75) is 6.54 Å². The van der Waals surface area contributed by atoms with Gasteiger partial charge in [0.1, 0.15) is 5.69 Å². The third-order valence-corrected chi connectivity index (χ3v) is 5.64. The molecular weight excluding hydrogens is 368 g/mol. The summed E-state index contributed by atoms with van der Waals surface area (Å²) in [5.74, 6) is 0.00144. The molecule has 0 atom stereocenters. The topological polar surface area (TPSA) is 52.2 Å². The number of halogens is 1. The van der Waals surface area contributed by atoms with Gasteiger partial charge in [-0.15, -0.1) is 11.3 Å². The number of piperazine rings is 1. The normalized spacial score (nSPS) is 15.3. The summed E-state index contributed by atoms with van der Waals surface area (Å²) in [4.78, 5) is 18.4. The number of hydrogen-bond acceptors (Lipinski definition) is 4. The number of rotatable bonds is 4. The van der Waals surface area contributed by atoms with Crippen molar-refractivity contribution < 1.29 is 4.79 Å². The number of hydrogen-bond donors (Lipinski definition) is 1. The van der Waals surface area contributed by atoms with Gasteiger partial charge in [-0.1, -0.05) is 29.8 Å². The number of amides is 1. The number of H-pyrrole nitrogens is 1. The average Bonchev–Trinajstić information content (AvgIpc) is 3.34. The van der Waals surface area contributed by atoms with Crippen LogP contribution in [0, 0.1) is 0 Å². The van der Waals surface area contributed by atoms with Crippen LogP contribution in [0.15, 0.2) is 47.8 Å². The molecule has 3 heterocycles. The van der Waals surface area contributed by atoms with Crippen LogP contribution in [0.4, 0.5) is 0 Å². The van der Waals surface area contributed by atoms with Gasteiger partial charge in [0, 0.05) is 48.2 Å². The molecule has 0 aliphatic carbocycles. The van der Waals surface area contributed by atoms with Crippen molar-refractivity contribution in [3.05, 3.63) is 63.4 Å². The zero-order valence-corrected chi connectivity index (χ0v) is 15.8. The second kappa shape index (κ2) is 7.61. The van der Waals surface area contributed by atoms with E-state index in [0.29, 0.717) is 10.7 Å². The second-order valence-corrected chi connectivity index (χ2v) is 7.79. The molecule has 0 unspecified atom stereocenters. The summed E-state index contributed by atoms with van der Waals surface area (Å²) in [6, 6.07) is 13.5. The summed E-state index contributed by atoms with van der Waals surface area (Å²) in [7, 11) is 0. The van der Waals surface area contributed by atoms with Crippen molar-refractivity contribution in [3.8, 4) is 11.3 Å². The predicted octanol–water partition coefficient (Wildman–Crippen LogP) is 3.75. The SMILES string of the molecule is O=C(c1cc(-c2cccc(Cl)c2)n[nH]1)N1CCN(Cc2cccs2)CC1. The van der Waals surface area contributed by atoms with Crippen molar-refractivity contribution in [2.75, 3.05) is 26.2 Å². The molecule has 0 bridgehead atoms. The van der Waals surface area contributed by atoms with E-state index in [9.17, 15) is 4.79 Å². The highest BCUT2D eigenvalue weighted by Crippen LogP contribution is 2.22. The summed E-state index contributed by atoms with van der Waals surface area (Å²) in [5.41, 5.74) is 2.15. The maximum absolute atomic E-state index is 12.7. The molecule has 1 aromatic carbocycles. The molecule has 1 amide bonds. The molecule has 1 N–H and O–H groups in total. The molecule has 0 spiro atoms. The van der Waals surface area contributed by atoms with E-state index in [-0.39, 0.29) is 5.91 Å². The number of aromatic nitrogens is 2. The summed E-state index contributed by atoms with van der Waals surface area (Å²) in [5, 5.41) is 9.90. The van der Waals surface area contributed by atoms with Crippen LogP contribution in [0.1, 0.15) is 15.4 Å². The molecule has 1 saturated heterocycles. The number of carbonyl (C=O) groups excluding carboxylic acids is 1. The van der Waals surface area contributed by atoms with Gasteiger partial charge in [0.15, 0.2) is 0 Å². The van der Waals surface area contributed by atoms with Gasteiger partial charge in [-0.3, -0.25) is 14.8 Å². The van der Waals surface area contributed by atoms with E-state index >= 15 is 0 Å². The predicted molar refractivity (Wildman–Crippen MR) is 105 cm³/mol. The van der Waals surface area contributed by atoms with Crippen LogP contribution in [-0.4, -0.2) is 52.1 Å². The molecule has 4 rings (SSSR count). The molecule has 26 heavy (non-hydrogen) atoms. The Morgan fingerprint density at radius 1 is 1.15 bits per heavy atom. The van der Waals surface area contributed by atoms with E-state index in [2.05, 4.69) is 32.6 Å². The van der Waals surface area contributed by atoms with Gasteiger partial charge in [-0.25, -0.2) is 0 Å². The lowest BCUT2D eigenvalue weighted by Crippen LogP contribution is -2.48. The van der Waals surface area contributed by atoms with E-state index < -0.39 is 0 Å². The average molecular weight is 387 g/mol. The lowest BCUT2D eigenvalue weighted by molar-refractivity contribution is 0.0624. The van der Waals surface area contributed by atoms with Crippen LogP contribution in [0.3, 0.4) is 0 Å². The summed E-state index contributed by atoms with van der Waals surface area (Å²) in [6.45, 7) is 4.20. The maximum atomic E-state index is 12.7. The third kappa shape index (κ3) is 3.82. The molecule has 0 radical (unpaired) electrons. The summed E-state index contributed by atoms with van der Waals surface area (Å²) in [6.07, 6.45) is 0. The minimum atomic E-state index is 0.00144. The molecule has 5 nitrogen and oxygen atoms in total. The Labute approximate surface area is 161 Å². The first-order valence-electron chi connectivity index (χ1n) is 8.54. The van der Waals surface area contributed by atoms with Crippen LogP contribution >= 0.6 is 22.9 Å². The van der Waals surface area contributed by atoms with Gasteiger partial charge in [0.2, 0.25) is 0 Å². The Kier molecular flexibility index (Phi) is 5.06. The standard InChI is InChI=1S/C19H19ClN4OS/c20-15-4-1-3-14(11-15)17-12-18(22-21-17)19(25)24-8-6-23(7-9-24)13-16-5-2-10-26-16/h1-5,10-12H,6-9,13H2,(H,21,22). The zero-order chi connectivity index (χ0) is 17.9. The molecule has 0 saturated carbocycles. The largest absolute Gasteiger partial charge is 0.335 e. The number of benzene rings is 1. The molecule has 1 aliphatic rings. The Morgan fingerprint density at radius 3 is 2.73 bits per heavy atom. The fraction of sp³-hybridized carbons (Fsp3) is 0.263. The number of carbonyl (C=O) groups is 1. The second-order valence-electron chi connectivity index (χ2n) is 6.32. The Morgan fingerprint density at radius 2 is 2.00 bits per heavy atom. The molecule has 7 heteroatoms. The highest BCUT2D eigenvalue weighted by molar-refractivity contribution is 7.09. The third-order valence-electron chi connectivity index (χ3n) is 4.55. The van der Waals surface area contributed by atoms with Gasteiger partial charge in [-0.2, -0.15) is 5.10 Å². The van der Waals surface area contributed by atoms with Crippen molar-refractivity contribution in [2.24, 2.45) is 0 Å². The van der Waals surface area contributed by atoms with Crippen molar-refractivity contribution >= 4 is 28.8 Å². The number of nitrogens with one attached hydrogen (secondary N) is 1. The smallest absolute Gasteiger partial charge is 0.271 e. The lowest BCUT2D eigenvalue weighted by Gasteiger charge is -2.34. The number of aromatic amines is 1. The van der Waals surface area contributed by atoms with Gasteiger partial charge in [0.05, 0.1) is 5.69 Å². The van der Waals surface area contributed by atoms with E-state index in [4.69, 9.17) is 11.6 Å². The number of thiophene rings is 1. The van der Waals surface area contributed by atoms with Crippen LogP contribution in [-0.2, 0) is 6.54 Å². The first-order valence-corrected chi connectivity index (χ1v) is 9.80. The van der Waals surface area contributed by atoms with Crippen molar-refractivity contribution in [1.82, 2.24) is 20.0 Å². The molecule has 134 valence electrons. The van der Waals surface area contributed by atoms with Crippen molar-refractivity contribution in [1.29, 1.82) is 0 Å². The van der Waals surface area contributed by atoms with Crippen LogP contribution in [0.5, 0.6) is 0 Å². The van der Waals surface area contributed by atoms with Crippen LogP contribution < -0.4 is 0 Å². The summed E-state index contributed by atoms with van der Waals surface area (Å²) >= 11 is 7.81. The molecule has 3 aromatic rings.